The second-order valence-corrected chi connectivity index (χ2v) is 17.4. The minimum atomic E-state index is -4.81. The predicted octanol–water partition coefficient (Wildman–Crippen LogP) is 4.20. The third-order valence-electron chi connectivity index (χ3n) is 10.1. The molecule has 1 saturated heterocycles. The fourth-order valence-electron chi connectivity index (χ4n) is 7.08. The van der Waals surface area contributed by atoms with Gasteiger partial charge in [0.15, 0.2) is 0 Å². The molecule has 13 nitrogen and oxygen atoms in total. The van der Waals surface area contributed by atoms with Crippen molar-refractivity contribution in [2.75, 3.05) is 13.2 Å². The van der Waals surface area contributed by atoms with Crippen LogP contribution in [-0.2, 0) is 43.1 Å². The van der Waals surface area contributed by atoms with E-state index in [9.17, 15) is 33.5 Å². The van der Waals surface area contributed by atoms with Crippen LogP contribution in [0.2, 0.25) is 0 Å². The highest BCUT2D eigenvalue weighted by Crippen LogP contribution is 2.67. The molecule has 264 valence electrons. The molecule has 5 atom stereocenters. The number of fused-ring (bicyclic) bond motifs is 3. The van der Waals surface area contributed by atoms with Crippen molar-refractivity contribution >= 4 is 31.6 Å². The van der Waals surface area contributed by atoms with Gasteiger partial charge in [-0.2, -0.15) is 0 Å². The molecule has 4 N–H and O–H groups in total. The van der Waals surface area contributed by atoms with E-state index in [0.717, 1.165) is 36.8 Å². The molecule has 4 amide bonds. The molecular weight excluding hydrogens is 639 g/mol. The van der Waals surface area contributed by atoms with Crippen molar-refractivity contribution in [3.8, 4) is 0 Å². The number of carbonyl (C=O) groups excluding carboxylic acids is 4. The number of cyclic esters (lactones) is 1. The Labute approximate surface area is 281 Å². The Morgan fingerprint density at radius 2 is 1.85 bits per heavy atom. The van der Waals surface area contributed by atoms with Crippen LogP contribution < -0.4 is 10.6 Å². The number of aryl methyl sites for hydroxylation is 1. The minimum absolute atomic E-state index is 0.00251. The van der Waals surface area contributed by atoms with E-state index in [2.05, 4.69) is 23.3 Å². The van der Waals surface area contributed by atoms with E-state index < -0.39 is 66.4 Å². The lowest BCUT2D eigenvalue weighted by Gasteiger charge is -2.35. The van der Waals surface area contributed by atoms with Gasteiger partial charge in [-0.15, -0.1) is 6.58 Å². The first-order valence-electron chi connectivity index (χ1n) is 16.6. The van der Waals surface area contributed by atoms with Gasteiger partial charge in [-0.05, 0) is 53.2 Å². The second kappa shape index (κ2) is 13.1. The molecule has 1 aromatic carbocycles. The number of alkyl carbamates (subject to hydrolysis) is 1. The number of nitrogens with zero attached hydrogens (tertiary/aromatic N) is 2. The highest BCUT2D eigenvalue weighted by molar-refractivity contribution is 7.54. The molecular formula is C34H49N4O9P. The number of benzene rings is 1. The van der Waals surface area contributed by atoms with Crippen LogP contribution in [0.4, 0.5) is 9.59 Å². The van der Waals surface area contributed by atoms with Crippen LogP contribution in [0.15, 0.2) is 30.9 Å². The summed E-state index contributed by atoms with van der Waals surface area (Å²) in [7, 11) is -4.81. The molecule has 0 radical (unpaired) electrons. The Morgan fingerprint density at radius 1 is 1.15 bits per heavy atom. The zero-order valence-electron chi connectivity index (χ0n) is 28.5. The lowest BCUT2D eigenvalue weighted by atomic mass is 9.85. The fraction of sp³-hybridized carbons (Fsp3) is 0.647. The summed E-state index contributed by atoms with van der Waals surface area (Å²) in [5.74, 6) is -2.04. The van der Waals surface area contributed by atoms with Gasteiger partial charge in [0.1, 0.15) is 23.5 Å². The quantitative estimate of drug-likeness (QED) is 0.267. The van der Waals surface area contributed by atoms with Crippen molar-refractivity contribution in [3.63, 3.8) is 0 Å². The van der Waals surface area contributed by atoms with E-state index in [1.807, 2.05) is 26.0 Å². The summed E-state index contributed by atoms with van der Waals surface area (Å²) in [4.78, 5) is 77.9. The maximum Gasteiger partial charge on any atom is 0.410 e. The Kier molecular flexibility index (Phi) is 9.82. The molecule has 2 unspecified atom stereocenters. The van der Waals surface area contributed by atoms with Crippen LogP contribution >= 0.6 is 7.60 Å². The van der Waals surface area contributed by atoms with Gasteiger partial charge >= 0.3 is 19.8 Å². The summed E-state index contributed by atoms with van der Waals surface area (Å²) in [6, 6.07) is 3.70. The number of rotatable bonds is 4. The van der Waals surface area contributed by atoms with Gasteiger partial charge in [0, 0.05) is 25.4 Å². The van der Waals surface area contributed by atoms with Crippen LogP contribution in [0.3, 0.4) is 0 Å². The van der Waals surface area contributed by atoms with Gasteiger partial charge in [0.25, 0.3) is 0 Å². The first-order chi connectivity index (χ1) is 22.3. The number of ether oxygens (including phenoxy) is 2. The number of hydrogen-bond acceptors (Lipinski definition) is 7. The molecule has 1 aromatic rings. The van der Waals surface area contributed by atoms with Crippen molar-refractivity contribution in [3.05, 3.63) is 47.5 Å². The monoisotopic (exact) mass is 688 g/mol. The first-order valence-corrected chi connectivity index (χ1v) is 18.3. The van der Waals surface area contributed by atoms with Crippen LogP contribution in [0.1, 0.15) is 83.4 Å². The average molecular weight is 689 g/mol. The molecule has 48 heavy (non-hydrogen) atoms. The summed E-state index contributed by atoms with van der Waals surface area (Å²) in [6.45, 7) is 13.7. The van der Waals surface area contributed by atoms with E-state index in [0.29, 0.717) is 13.1 Å². The summed E-state index contributed by atoms with van der Waals surface area (Å²) in [5, 5.41) is 3.41. The molecule has 1 aliphatic carbocycles. The van der Waals surface area contributed by atoms with Crippen LogP contribution in [0.25, 0.3) is 0 Å². The lowest BCUT2D eigenvalue weighted by molar-refractivity contribution is -0.142. The minimum Gasteiger partial charge on any atom is -0.449 e. The van der Waals surface area contributed by atoms with E-state index in [1.54, 1.807) is 25.7 Å². The molecule has 4 bridgehead atoms. The number of carbonyl (C=O) groups is 4. The Bertz CT molecular complexity index is 1520. The molecule has 0 aromatic heterocycles. The highest BCUT2D eigenvalue weighted by Gasteiger charge is 2.66. The number of hydrogen-bond donors (Lipinski definition) is 4. The predicted molar refractivity (Wildman–Crippen MR) is 176 cm³/mol. The third-order valence-corrected chi connectivity index (χ3v) is 11.8. The first kappa shape index (κ1) is 35.9. The lowest BCUT2D eigenvalue weighted by Crippen LogP contribution is -2.58. The number of nitrogens with one attached hydrogen (secondary N) is 2. The Morgan fingerprint density at radius 3 is 2.50 bits per heavy atom. The normalized spacial score (nSPS) is 29.8. The van der Waals surface area contributed by atoms with Gasteiger partial charge in [-0.25, -0.2) is 9.59 Å². The van der Waals surface area contributed by atoms with Crippen molar-refractivity contribution < 1.29 is 43.0 Å². The Balaban J connectivity index is 1.45. The van der Waals surface area contributed by atoms with Crippen LogP contribution in [0.5, 0.6) is 0 Å². The molecule has 0 spiro atoms. The van der Waals surface area contributed by atoms with E-state index >= 15 is 0 Å². The maximum absolute atomic E-state index is 14.3. The summed E-state index contributed by atoms with van der Waals surface area (Å²) in [6.07, 6.45) is 2.53. The smallest absolute Gasteiger partial charge is 0.410 e. The topological polar surface area (TPSA) is 175 Å². The largest absolute Gasteiger partial charge is 0.449 e. The second-order valence-electron chi connectivity index (χ2n) is 15.6. The van der Waals surface area contributed by atoms with E-state index in [-0.39, 0.29) is 31.4 Å². The van der Waals surface area contributed by atoms with E-state index in [1.165, 1.54) is 16.5 Å². The van der Waals surface area contributed by atoms with Gasteiger partial charge in [0.05, 0.1) is 13.2 Å². The number of amides is 4. The van der Waals surface area contributed by atoms with Gasteiger partial charge in [-0.3, -0.25) is 19.1 Å². The van der Waals surface area contributed by atoms with Crippen LogP contribution in [-0.4, -0.2) is 80.2 Å². The van der Waals surface area contributed by atoms with Gasteiger partial charge in [0.2, 0.25) is 11.8 Å². The maximum atomic E-state index is 14.3. The zero-order chi connectivity index (χ0) is 35.2. The van der Waals surface area contributed by atoms with Crippen molar-refractivity contribution in [2.24, 2.45) is 16.7 Å². The van der Waals surface area contributed by atoms with Crippen molar-refractivity contribution in [1.29, 1.82) is 0 Å². The van der Waals surface area contributed by atoms with Crippen LogP contribution in [0, 0.1) is 16.7 Å². The molecule has 3 aliphatic heterocycles. The molecule has 1 saturated carbocycles. The molecule has 3 heterocycles. The summed E-state index contributed by atoms with van der Waals surface area (Å²) < 4.78 is 24.0. The van der Waals surface area contributed by atoms with Crippen molar-refractivity contribution in [2.45, 2.75) is 110 Å². The zero-order valence-corrected chi connectivity index (χ0v) is 29.4. The molecule has 4 aliphatic rings. The third kappa shape index (κ3) is 7.43. The summed E-state index contributed by atoms with van der Waals surface area (Å²) in [5.41, 5.74) is 2.18. The molecule has 5 rings (SSSR count). The fourth-order valence-corrected chi connectivity index (χ4v) is 8.30. The van der Waals surface area contributed by atoms with Gasteiger partial charge < -0.3 is 34.8 Å². The summed E-state index contributed by atoms with van der Waals surface area (Å²) >= 11 is 0. The van der Waals surface area contributed by atoms with E-state index in [4.69, 9.17) is 9.47 Å². The SMILES string of the molecule is C=CC1CC1(NC(=O)[C@@H]1C[C@@H]2CN1C(=O)[C@H](C(C)(C)C)NC(=O)OCC(C)(C)CCCCc1cccc3c1CN(C3)C(=O)O2)P(=O)(O)O. The standard InChI is InChI=1S/C34H49N4O9P/c1-7-23-16-34(23,48(43,44)45)36-28(39)26-15-24-18-38(26)29(40)27(32(2,3)4)35-30(41)46-20-33(5,6)14-9-8-11-21-12-10-13-22-17-37(19-25(21)22)31(42)47-24/h7,10,12-13,23-24,26-27H,1,8-9,11,14-20H2,2-6H3,(H,35,41)(H,36,39)(H2,43,44,45)/t23?,24-,26+,27-,34?/m1/s1. The molecule has 2 fully saturated rings. The highest BCUT2D eigenvalue weighted by atomic mass is 31.2. The van der Waals surface area contributed by atoms with Gasteiger partial charge in [-0.1, -0.05) is 65.3 Å². The Hall–Kier alpha value is -3.41. The van der Waals surface area contributed by atoms with Crippen molar-refractivity contribution in [1.82, 2.24) is 20.4 Å². The molecule has 14 heteroatoms. The average Bonchev–Trinajstić information content (AvgIpc) is 3.31.